The maximum Gasteiger partial charge on any atom is 0.233 e. The summed E-state index contributed by atoms with van der Waals surface area (Å²) in [6.45, 7) is 6.81. The highest BCUT2D eigenvalue weighted by Crippen LogP contribution is 2.37. The summed E-state index contributed by atoms with van der Waals surface area (Å²) in [4.78, 5) is 6.97. The summed E-state index contributed by atoms with van der Waals surface area (Å²) in [5.74, 6) is 1.53. The van der Waals surface area contributed by atoms with Crippen LogP contribution in [0.5, 0.6) is 0 Å². The zero-order valence-electron chi connectivity index (χ0n) is 13.1. The van der Waals surface area contributed by atoms with Crippen molar-refractivity contribution in [3.05, 3.63) is 11.7 Å². The summed E-state index contributed by atoms with van der Waals surface area (Å²) >= 11 is 0. The summed E-state index contributed by atoms with van der Waals surface area (Å²) < 4.78 is 11.5. The van der Waals surface area contributed by atoms with Gasteiger partial charge in [-0.15, -0.1) is 0 Å². The Morgan fingerprint density at radius 2 is 2.19 bits per heavy atom. The fourth-order valence-corrected chi connectivity index (χ4v) is 3.47. The Hall–Kier alpha value is -0.980. The molecule has 2 fully saturated rings. The van der Waals surface area contributed by atoms with Crippen molar-refractivity contribution in [2.45, 2.75) is 44.1 Å². The molecular weight excluding hydrogens is 268 g/mol. The highest BCUT2D eigenvalue weighted by molar-refractivity contribution is 5.09. The molecular formula is C15H26N4O2. The Morgan fingerprint density at radius 3 is 2.90 bits per heavy atom. The zero-order chi connectivity index (χ0) is 14.7. The van der Waals surface area contributed by atoms with Crippen LogP contribution in [0.4, 0.5) is 0 Å². The standard InChI is InChI=1S/C15H26N4O2/c1-3-4-15(5-7-16-8-6-15)14-17-13(18-21-14)12-11-19(2)9-10-20-12/h12,16H,3-11H2,1-2H3. The number of aromatic nitrogens is 2. The summed E-state index contributed by atoms with van der Waals surface area (Å²) in [6.07, 6.45) is 4.35. The molecule has 21 heavy (non-hydrogen) atoms. The molecule has 1 N–H and O–H groups in total. The Balaban J connectivity index is 1.78. The smallest absolute Gasteiger partial charge is 0.233 e. The van der Waals surface area contributed by atoms with E-state index in [1.165, 1.54) is 0 Å². The molecule has 0 spiro atoms. The average molecular weight is 294 g/mol. The maximum absolute atomic E-state index is 5.79. The first-order valence-corrected chi connectivity index (χ1v) is 8.08. The highest BCUT2D eigenvalue weighted by atomic mass is 16.5. The Morgan fingerprint density at radius 1 is 1.38 bits per heavy atom. The topological polar surface area (TPSA) is 63.4 Å². The van der Waals surface area contributed by atoms with Gasteiger partial charge in [-0.2, -0.15) is 4.98 Å². The van der Waals surface area contributed by atoms with Crippen LogP contribution < -0.4 is 5.32 Å². The second-order valence-corrected chi connectivity index (χ2v) is 6.36. The van der Waals surface area contributed by atoms with E-state index in [1.807, 2.05) is 0 Å². The predicted octanol–water partition coefficient (Wildman–Crippen LogP) is 1.49. The Kier molecular flexibility index (Phi) is 4.57. The quantitative estimate of drug-likeness (QED) is 0.908. The number of piperidine rings is 1. The minimum atomic E-state index is -0.0540. The first-order chi connectivity index (χ1) is 10.2. The first kappa shape index (κ1) is 14.9. The number of nitrogens with one attached hydrogen (secondary N) is 1. The van der Waals surface area contributed by atoms with Crippen LogP contribution in [-0.2, 0) is 10.2 Å². The third kappa shape index (κ3) is 3.12. The van der Waals surface area contributed by atoms with Gasteiger partial charge in [0, 0.05) is 13.1 Å². The highest BCUT2D eigenvalue weighted by Gasteiger charge is 2.39. The van der Waals surface area contributed by atoms with Gasteiger partial charge in [0.05, 0.1) is 12.0 Å². The van der Waals surface area contributed by atoms with E-state index in [4.69, 9.17) is 14.2 Å². The molecule has 1 unspecified atom stereocenters. The summed E-state index contributed by atoms with van der Waals surface area (Å²) in [5, 5.41) is 7.64. The van der Waals surface area contributed by atoms with E-state index < -0.39 is 0 Å². The van der Waals surface area contributed by atoms with E-state index in [1.54, 1.807) is 0 Å². The molecule has 0 saturated carbocycles. The van der Waals surface area contributed by atoms with Crippen LogP contribution in [0.15, 0.2) is 4.52 Å². The van der Waals surface area contributed by atoms with E-state index in [0.29, 0.717) is 5.82 Å². The predicted molar refractivity (Wildman–Crippen MR) is 79.2 cm³/mol. The minimum absolute atomic E-state index is 0.0540. The van der Waals surface area contributed by atoms with Crippen LogP contribution in [0.2, 0.25) is 0 Å². The van der Waals surface area contributed by atoms with E-state index in [0.717, 1.165) is 64.4 Å². The number of hydrogen-bond donors (Lipinski definition) is 1. The number of rotatable bonds is 4. The molecule has 2 aliphatic rings. The van der Waals surface area contributed by atoms with E-state index >= 15 is 0 Å². The van der Waals surface area contributed by atoms with Crippen LogP contribution in [-0.4, -0.2) is 54.9 Å². The number of nitrogens with zero attached hydrogens (tertiary/aromatic N) is 3. The van der Waals surface area contributed by atoms with Crippen LogP contribution in [0.25, 0.3) is 0 Å². The van der Waals surface area contributed by atoms with Crippen molar-refractivity contribution in [3.8, 4) is 0 Å². The molecule has 0 amide bonds. The van der Waals surface area contributed by atoms with Gasteiger partial charge in [0.25, 0.3) is 0 Å². The number of ether oxygens (including phenoxy) is 1. The zero-order valence-corrected chi connectivity index (χ0v) is 13.1. The molecule has 0 aromatic carbocycles. The second-order valence-electron chi connectivity index (χ2n) is 6.36. The van der Waals surface area contributed by atoms with E-state index in [2.05, 4.69) is 29.3 Å². The van der Waals surface area contributed by atoms with Gasteiger partial charge in [0.15, 0.2) is 0 Å². The Bertz CT molecular complexity index is 451. The average Bonchev–Trinajstić information content (AvgIpc) is 2.99. The molecule has 2 saturated heterocycles. The van der Waals surface area contributed by atoms with Gasteiger partial charge < -0.3 is 19.5 Å². The number of morpholine rings is 1. The molecule has 0 bridgehead atoms. The van der Waals surface area contributed by atoms with Crippen LogP contribution in [0.3, 0.4) is 0 Å². The van der Waals surface area contributed by atoms with Gasteiger partial charge in [0.2, 0.25) is 11.7 Å². The maximum atomic E-state index is 5.79. The van der Waals surface area contributed by atoms with Gasteiger partial charge in [-0.3, -0.25) is 0 Å². The fraction of sp³-hybridized carbons (Fsp3) is 0.867. The first-order valence-electron chi connectivity index (χ1n) is 8.08. The number of likely N-dealkylation sites (N-methyl/N-ethyl adjacent to an activating group) is 1. The largest absolute Gasteiger partial charge is 0.367 e. The van der Waals surface area contributed by atoms with E-state index in [9.17, 15) is 0 Å². The molecule has 1 atom stereocenters. The van der Waals surface area contributed by atoms with Crippen molar-refractivity contribution in [2.75, 3.05) is 39.8 Å². The third-order valence-electron chi connectivity index (χ3n) is 4.74. The fourth-order valence-electron chi connectivity index (χ4n) is 3.47. The van der Waals surface area contributed by atoms with Crippen molar-refractivity contribution in [2.24, 2.45) is 0 Å². The molecule has 0 radical (unpaired) electrons. The lowest BCUT2D eigenvalue weighted by Crippen LogP contribution is -2.40. The summed E-state index contributed by atoms with van der Waals surface area (Å²) in [7, 11) is 2.10. The second kappa shape index (κ2) is 6.42. The van der Waals surface area contributed by atoms with Crippen molar-refractivity contribution in [3.63, 3.8) is 0 Å². The molecule has 118 valence electrons. The molecule has 1 aromatic rings. The van der Waals surface area contributed by atoms with Crippen molar-refractivity contribution in [1.29, 1.82) is 0 Å². The van der Waals surface area contributed by atoms with Gasteiger partial charge in [-0.25, -0.2) is 0 Å². The normalized spacial score (nSPS) is 26.9. The molecule has 1 aromatic heterocycles. The minimum Gasteiger partial charge on any atom is -0.367 e. The van der Waals surface area contributed by atoms with Crippen LogP contribution in [0, 0.1) is 0 Å². The van der Waals surface area contributed by atoms with Gasteiger partial charge in [0.1, 0.15) is 6.10 Å². The monoisotopic (exact) mass is 294 g/mol. The van der Waals surface area contributed by atoms with E-state index in [-0.39, 0.29) is 11.5 Å². The van der Waals surface area contributed by atoms with Gasteiger partial charge >= 0.3 is 0 Å². The molecule has 6 heteroatoms. The van der Waals surface area contributed by atoms with Gasteiger partial charge in [-0.1, -0.05) is 18.5 Å². The van der Waals surface area contributed by atoms with Gasteiger partial charge in [-0.05, 0) is 39.4 Å². The molecule has 3 heterocycles. The lowest BCUT2D eigenvalue weighted by molar-refractivity contribution is -0.0264. The molecule has 2 aliphatic heterocycles. The van der Waals surface area contributed by atoms with Crippen LogP contribution >= 0.6 is 0 Å². The summed E-state index contributed by atoms with van der Waals surface area (Å²) in [6, 6.07) is 0. The third-order valence-corrected chi connectivity index (χ3v) is 4.74. The molecule has 3 rings (SSSR count). The lowest BCUT2D eigenvalue weighted by atomic mass is 9.75. The summed E-state index contributed by atoms with van der Waals surface area (Å²) in [5.41, 5.74) is 0.0613. The molecule has 0 aliphatic carbocycles. The molecule has 6 nitrogen and oxygen atoms in total. The Labute approximate surface area is 126 Å². The SMILES string of the molecule is CCCC1(c2nc(C3CN(C)CCO3)no2)CCNCC1. The number of hydrogen-bond acceptors (Lipinski definition) is 6. The van der Waals surface area contributed by atoms with Crippen molar-refractivity contribution in [1.82, 2.24) is 20.4 Å². The van der Waals surface area contributed by atoms with Crippen molar-refractivity contribution >= 4 is 0 Å². The van der Waals surface area contributed by atoms with Crippen molar-refractivity contribution < 1.29 is 9.26 Å². The van der Waals surface area contributed by atoms with Crippen LogP contribution in [0.1, 0.15) is 50.4 Å². The lowest BCUT2D eigenvalue weighted by Gasteiger charge is -2.34.